The van der Waals surface area contributed by atoms with E-state index in [1.165, 1.54) is 19.2 Å². The zero-order valence-electron chi connectivity index (χ0n) is 14.9. The molecule has 0 saturated carbocycles. The van der Waals surface area contributed by atoms with E-state index in [4.69, 9.17) is 4.74 Å². The largest absolute Gasteiger partial charge is 0.494 e. The first-order chi connectivity index (χ1) is 13.6. The second-order valence-corrected chi connectivity index (χ2v) is 6.25. The number of carboxylic acid groups (broad SMARTS) is 1. The van der Waals surface area contributed by atoms with Gasteiger partial charge in [-0.05, 0) is 35.9 Å². The Balaban J connectivity index is 1.90. The van der Waals surface area contributed by atoms with Gasteiger partial charge in [0.1, 0.15) is 5.69 Å². The number of pyridine rings is 2. The molecule has 0 saturated heterocycles. The van der Waals surface area contributed by atoms with Gasteiger partial charge in [0.2, 0.25) is 0 Å². The average molecular weight is 377 g/mol. The first-order valence-corrected chi connectivity index (χ1v) is 8.54. The molecule has 0 aliphatic heterocycles. The van der Waals surface area contributed by atoms with E-state index in [0.29, 0.717) is 23.0 Å². The number of ether oxygens (including phenoxy) is 1. The number of aromatic carboxylic acids is 1. The molecule has 0 unspecified atom stereocenters. The van der Waals surface area contributed by atoms with E-state index < -0.39 is 11.8 Å². The highest BCUT2D eigenvalue weighted by molar-refractivity contribution is 5.92. The van der Waals surface area contributed by atoms with Crippen molar-refractivity contribution in [2.24, 2.45) is 0 Å². The summed E-state index contributed by atoms with van der Waals surface area (Å²) in [5, 5.41) is 9.87. The maximum absolute atomic E-state index is 14.4. The van der Waals surface area contributed by atoms with Crippen LogP contribution in [0.3, 0.4) is 0 Å². The first-order valence-electron chi connectivity index (χ1n) is 8.54. The number of nitrogens with zero attached hydrogens (tertiary/aromatic N) is 2. The second-order valence-electron chi connectivity index (χ2n) is 6.25. The van der Waals surface area contributed by atoms with Crippen molar-refractivity contribution < 1.29 is 19.0 Å². The molecule has 7 heteroatoms. The number of aromatic nitrogens is 3. The van der Waals surface area contributed by atoms with Gasteiger partial charge in [0.15, 0.2) is 11.6 Å². The maximum Gasteiger partial charge on any atom is 0.354 e. The summed E-state index contributed by atoms with van der Waals surface area (Å²) in [5.41, 5.74) is 3.66. The molecule has 0 spiro atoms. The standard InChI is InChI=1S/C21H16FN3O3/c1-28-19-10-18-14(9-16(19)22)15(20(25-18)12-4-3-7-23-11-12)8-13-5-2-6-17(24-13)21(26)27/h2-7,9-11,25H,8H2,1H3,(H,26,27). The highest BCUT2D eigenvalue weighted by atomic mass is 19.1. The molecule has 0 atom stereocenters. The number of aromatic amines is 1. The molecule has 0 bridgehead atoms. The Kier molecular flexibility index (Phi) is 4.49. The van der Waals surface area contributed by atoms with E-state index in [1.807, 2.05) is 12.1 Å². The van der Waals surface area contributed by atoms with Crippen molar-refractivity contribution in [1.29, 1.82) is 0 Å². The Morgan fingerprint density at radius 2 is 2.11 bits per heavy atom. The minimum atomic E-state index is -1.09. The molecule has 0 radical (unpaired) electrons. The van der Waals surface area contributed by atoms with Crippen LogP contribution in [-0.4, -0.2) is 33.1 Å². The number of benzene rings is 1. The SMILES string of the molecule is COc1cc2[nH]c(-c3cccnc3)c(Cc3cccc(C(=O)O)n3)c2cc1F. The smallest absolute Gasteiger partial charge is 0.354 e. The Bertz CT molecular complexity index is 1170. The van der Waals surface area contributed by atoms with Crippen LogP contribution in [-0.2, 0) is 6.42 Å². The fourth-order valence-corrected chi connectivity index (χ4v) is 3.23. The number of carboxylic acids is 1. The molecular formula is C21H16FN3O3. The summed E-state index contributed by atoms with van der Waals surface area (Å²) in [7, 11) is 1.41. The summed E-state index contributed by atoms with van der Waals surface area (Å²) in [6.07, 6.45) is 3.71. The zero-order valence-corrected chi connectivity index (χ0v) is 14.9. The Morgan fingerprint density at radius 1 is 1.25 bits per heavy atom. The predicted octanol–water partition coefficient (Wildman–Crippen LogP) is 4.06. The monoisotopic (exact) mass is 377 g/mol. The average Bonchev–Trinajstić information content (AvgIpc) is 3.05. The minimum Gasteiger partial charge on any atom is -0.494 e. The number of nitrogens with one attached hydrogen (secondary N) is 1. The van der Waals surface area contributed by atoms with Crippen molar-refractivity contribution >= 4 is 16.9 Å². The molecule has 4 aromatic rings. The van der Waals surface area contributed by atoms with Crippen molar-refractivity contribution in [2.45, 2.75) is 6.42 Å². The van der Waals surface area contributed by atoms with Crippen molar-refractivity contribution in [1.82, 2.24) is 15.0 Å². The molecule has 4 rings (SSSR count). The molecular weight excluding hydrogens is 361 g/mol. The lowest BCUT2D eigenvalue weighted by molar-refractivity contribution is 0.0690. The molecule has 28 heavy (non-hydrogen) atoms. The Hall–Kier alpha value is -3.74. The molecule has 0 amide bonds. The van der Waals surface area contributed by atoms with E-state index >= 15 is 0 Å². The normalized spacial score (nSPS) is 10.9. The quantitative estimate of drug-likeness (QED) is 0.548. The lowest BCUT2D eigenvalue weighted by atomic mass is 10.0. The molecule has 6 nitrogen and oxygen atoms in total. The number of hydrogen-bond donors (Lipinski definition) is 2. The maximum atomic E-state index is 14.4. The Morgan fingerprint density at radius 3 is 2.82 bits per heavy atom. The van der Waals surface area contributed by atoms with Crippen molar-refractivity contribution in [3.8, 4) is 17.0 Å². The van der Waals surface area contributed by atoms with Crippen LogP contribution < -0.4 is 4.74 Å². The summed E-state index contributed by atoms with van der Waals surface area (Å²) in [6, 6.07) is 11.6. The van der Waals surface area contributed by atoms with Gasteiger partial charge in [-0.3, -0.25) is 4.98 Å². The summed E-state index contributed by atoms with van der Waals surface area (Å²) in [5.74, 6) is -1.42. The minimum absolute atomic E-state index is 0.0341. The van der Waals surface area contributed by atoms with E-state index in [9.17, 15) is 14.3 Å². The van der Waals surface area contributed by atoms with Crippen LogP contribution in [0.1, 0.15) is 21.7 Å². The highest BCUT2D eigenvalue weighted by Crippen LogP contribution is 2.34. The van der Waals surface area contributed by atoms with Crippen LogP contribution in [0.15, 0.2) is 54.9 Å². The van der Waals surface area contributed by atoms with E-state index in [0.717, 1.165) is 16.8 Å². The molecule has 0 aliphatic carbocycles. The number of rotatable bonds is 5. The lowest BCUT2D eigenvalue weighted by Crippen LogP contribution is -2.03. The molecule has 140 valence electrons. The second kappa shape index (κ2) is 7.11. The van der Waals surface area contributed by atoms with E-state index in [-0.39, 0.29) is 11.4 Å². The molecule has 0 fully saturated rings. The van der Waals surface area contributed by atoms with Crippen molar-refractivity contribution in [3.63, 3.8) is 0 Å². The molecule has 3 aromatic heterocycles. The van der Waals surface area contributed by atoms with Gasteiger partial charge in [-0.25, -0.2) is 14.2 Å². The van der Waals surface area contributed by atoms with Crippen LogP contribution in [0.4, 0.5) is 4.39 Å². The predicted molar refractivity (Wildman–Crippen MR) is 102 cm³/mol. The van der Waals surface area contributed by atoms with Crippen LogP contribution in [0, 0.1) is 5.82 Å². The van der Waals surface area contributed by atoms with Gasteiger partial charge in [-0.2, -0.15) is 0 Å². The summed E-state index contributed by atoms with van der Waals surface area (Å²) >= 11 is 0. The number of carbonyl (C=O) groups is 1. The van der Waals surface area contributed by atoms with Crippen molar-refractivity contribution in [3.05, 3.63) is 77.6 Å². The van der Waals surface area contributed by atoms with Crippen molar-refractivity contribution in [2.75, 3.05) is 7.11 Å². The Labute approximate surface area is 159 Å². The number of fused-ring (bicyclic) bond motifs is 1. The fourth-order valence-electron chi connectivity index (χ4n) is 3.23. The topological polar surface area (TPSA) is 88.1 Å². The number of methoxy groups -OCH3 is 1. The van der Waals surface area contributed by atoms with Crippen LogP contribution >= 0.6 is 0 Å². The van der Waals surface area contributed by atoms with Crippen LogP contribution in [0.25, 0.3) is 22.2 Å². The van der Waals surface area contributed by atoms with Gasteiger partial charge >= 0.3 is 5.97 Å². The molecule has 3 heterocycles. The third-order valence-corrected chi connectivity index (χ3v) is 4.51. The van der Waals surface area contributed by atoms with E-state index in [2.05, 4.69) is 15.0 Å². The first kappa shape index (κ1) is 17.7. The molecule has 0 aliphatic rings. The summed E-state index contributed by atoms with van der Waals surface area (Å²) in [6.45, 7) is 0. The lowest BCUT2D eigenvalue weighted by Gasteiger charge is -2.06. The highest BCUT2D eigenvalue weighted by Gasteiger charge is 2.18. The van der Waals surface area contributed by atoms with Gasteiger partial charge < -0.3 is 14.8 Å². The van der Waals surface area contributed by atoms with E-state index in [1.54, 1.807) is 30.6 Å². The third kappa shape index (κ3) is 3.18. The summed E-state index contributed by atoms with van der Waals surface area (Å²) in [4.78, 5) is 22.9. The number of hydrogen-bond acceptors (Lipinski definition) is 4. The van der Waals surface area contributed by atoms with Crippen LogP contribution in [0.5, 0.6) is 5.75 Å². The van der Waals surface area contributed by atoms with Gasteiger partial charge in [0, 0.05) is 41.5 Å². The number of H-pyrrole nitrogens is 1. The molecule has 2 N–H and O–H groups in total. The van der Waals surface area contributed by atoms with Crippen LogP contribution in [0.2, 0.25) is 0 Å². The third-order valence-electron chi connectivity index (χ3n) is 4.51. The number of halogens is 1. The van der Waals surface area contributed by atoms with Gasteiger partial charge in [-0.1, -0.05) is 6.07 Å². The molecule has 1 aromatic carbocycles. The van der Waals surface area contributed by atoms with Gasteiger partial charge in [-0.15, -0.1) is 0 Å². The zero-order chi connectivity index (χ0) is 19.7. The summed E-state index contributed by atoms with van der Waals surface area (Å²) < 4.78 is 19.5. The van der Waals surface area contributed by atoms with Gasteiger partial charge in [0.25, 0.3) is 0 Å². The van der Waals surface area contributed by atoms with Gasteiger partial charge in [0.05, 0.1) is 18.3 Å². The fraction of sp³-hybridized carbons (Fsp3) is 0.0952.